The fourth-order valence-electron chi connectivity index (χ4n) is 5.39. The maximum atomic E-state index is 13.7. The molecule has 0 radical (unpaired) electrons. The highest BCUT2D eigenvalue weighted by atomic mass is 35.5. The quantitative estimate of drug-likeness (QED) is 0.356. The zero-order chi connectivity index (χ0) is 25.1. The molecule has 1 aliphatic carbocycles. The van der Waals surface area contributed by atoms with Gasteiger partial charge in [0.15, 0.2) is 5.78 Å². The van der Waals surface area contributed by atoms with Gasteiger partial charge in [0.1, 0.15) is 5.92 Å². The van der Waals surface area contributed by atoms with Gasteiger partial charge in [0.25, 0.3) is 0 Å². The number of Topliss-reactive ketones (excluding diaryl/α,β-unsaturated/α-hetero) is 1. The average Bonchev–Trinajstić information content (AvgIpc) is 2.89. The number of ketones is 1. The third kappa shape index (κ3) is 4.91. The first-order valence-corrected chi connectivity index (χ1v) is 12.7. The summed E-state index contributed by atoms with van der Waals surface area (Å²) >= 11 is 6.64. The molecule has 2 aliphatic rings. The lowest BCUT2D eigenvalue weighted by Gasteiger charge is -2.36. The molecule has 0 N–H and O–H groups in total. The molecule has 5 heteroatoms. The Labute approximate surface area is 216 Å². The molecule has 3 atom stereocenters. The van der Waals surface area contributed by atoms with Crippen molar-refractivity contribution >= 4 is 29.1 Å². The summed E-state index contributed by atoms with van der Waals surface area (Å²) in [5.74, 6) is -1.50. The number of nitrogens with zero attached hydrogens (tertiary/aromatic N) is 1. The van der Waals surface area contributed by atoms with Crippen molar-refractivity contribution in [2.45, 2.75) is 38.0 Å². The van der Waals surface area contributed by atoms with Crippen LogP contribution in [0.2, 0.25) is 5.02 Å². The number of benzene rings is 3. The van der Waals surface area contributed by atoms with Gasteiger partial charge in [-0.2, -0.15) is 0 Å². The fraction of sp³-hybridized carbons (Fsp3) is 0.258. The van der Waals surface area contributed by atoms with E-state index < -0.39 is 11.8 Å². The van der Waals surface area contributed by atoms with Crippen LogP contribution in [0.5, 0.6) is 0 Å². The van der Waals surface area contributed by atoms with Crippen molar-refractivity contribution in [1.29, 1.82) is 0 Å². The Morgan fingerprint density at radius 3 is 2.33 bits per heavy atom. The molecule has 5 rings (SSSR count). The second kappa shape index (κ2) is 10.6. The molecule has 0 aromatic heterocycles. The number of hydrogen-bond acceptors (Lipinski definition) is 4. The molecule has 0 bridgehead atoms. The minimum atomic E-state index is -0.698. The van der Waals surface area contributed by atoms with Crippen LogP contribution in [0.15, 0.2) is 101 Å². The van der Waals surface area contributed by atoms with Crippen LogP contribution >= 0.6 is 11.6 Å². The summed E-state index contributed by atoms with van der Waals surface area (Å²) in [5, 5.41) is 0.532. The molecule has 0 fully saturated rings. The van der Waals surface area contributed by atoms with E-state index in [2.05, 4.69) is 12.1 Å². The van der Waals surface area contributed by atoms with Gasteiger partial charge in [-0.3, -0.25) is 14.6 Å². The van der Waals surface area contributed by atoms with Crippen molar-refractivity contribution in [3.8, 4) is 0 Å². The van der Waals surface area contributed by atoms with Gasteiger partial charge in [-0.25, -0.2) is 0 Å². The zero-order valence-corrected chi connectivity index (χ0v) is 20.9. The Bertz CT molecular complexity index is 1330. The number of carbonyl (C=O) groups is 2. The van der Waals surface area contributed by atoms with E-state index in [1.165, 1.54) is 0 Å². The Hall–Kier alpha value is -3.50. The van der Waals surface area contributed by atoms with Crippen LogP contribution in [0.1, 0.15) is 48.3 Å². The lowest BCUT2D eigenvalue weighted by molar-refractivity contribution is -0.146. The normalized spacial score (nSPS) is 21.6. The van der Waals surface area contributed by atoms with Gasteiger partial charge in [0.2, 0.25) is 0 Å². The molecule has 3 aromatic carbocycles. The summed E-state index contributed by atoms with van der Waals surface area (Å²) in [5.41, 5.74) is 5.01. The molecule has 4 nitrogen and oxygen atoms in total. The molecule has 0 amide bonds. The number of carbonyl (C=O) groups excluding carboxylic acids is 2. The fourth-order valence-corrected chi connectivity index (χ4v) is 5.65. The number of rotatable bonds is 6. The van der Waals surface area contributed by atoms with E-state index >= 15 is 0 Å². The highest BCUT2D eigenvalue weighted by molar-refractivity contribution is 6.31. The van der Waals surface area contributed by atoms with Gasteiger partial charge in [-0.15, -0.1) is 0 Å². The van der Waals surface area contributed by atoms with Crippen molar-refractivity contribution in [2.24, 2.45) is 10.9 Å². The first-order valence-electron chi connectivity index (χ1n) is 12.3. The summed E-state index contributed by atoms with van der Waals surface area (Å²) in [6, 6.07) is 27.4. The molecule has 0 saturated carbocycles. The lowest BCUT2D eigenvalue weighted by Crippen LogP contribution is -2.38. The Kier molecular flexibility index (Phi) is 7.15. The van der Waals surface area contributed by atoms with Gasteiger partial charge >= 0.3 is 5.97 Å². The predicted molar refractivity (Wildman–Crippen MR) is 142 cm³/mol. The number of ether oxygens (including phenoxy) is 1. The van der Waals surface area contributed by atoms with Crippen LogP contribution in [0, 0.1) is 5.92 Å². The van der Waals surface area contributed by atoms with E-state index in [0.717, 1.165) is 22.4 Å². The summed E-state index contributed by atoms with van der Waals surface area (Å²) in [6.07, 6.45) is 1.66. The summed E-state index contributed by atoms with van der Waals surface area (Å²) in [6.45, 7) is 2.12. The average molecular weight is 498 g/mol. The second-order valence-corrected chi connectivity index (χ2v) is 9.84. The molecular formula is C31H28ClNO3. The lowest BCUT2D eigenvalue weighted by atomic mass is 9.69. The van der Waals surface area contributed by atoms with E-state index in [4.69, 9.17) is 21.3 Å². The van der Waals surface area contributed by atoms with E-state index in [9.17, 15) is 9.59 Å². The summed E-state index contributed by atoms with van der Waals surface area (Å²) in [7, 11) is 0. The molecule has 1 unspecified atom stereocenters. The zero-order valence-electron chi connectivity index (χ0n) is 20.2. The van der Waals surface area contributed by atoms with Crippen molar-refractivity contribution in [3.63, 3.8) is 0 Å². The van der Waals surface area contributed by atoms with E-state index in [1.807, 2.05) is 73.7 Å². The van der Waals surface area contributed by atoms with Gasteiger partial charge < -0.3 is 4.74 Å². The molecule has 182 valence electrons. The summed E-state index contributed by atoms with van der Waals surface area (Å²) < 4.78 is 5.76. The number of esters is 1. The van der Waals surface area contributed by atoms with Gasteiger partial charge in [-0.1, -0.05) is 90.5 Å². The molecule has 3 aromatic rings. The van der Waals surface area contributed by atoms with Crippen LogP contribution in [-0.2, 0) is 20.7 Å². The molecule has 36 heavy (non-hydrogen) atoms. The largest absolute Gasteiger partial charge is 0.465 e. The monoisotopic (exact) mass is 497 g/mol. The van der Waals surface area contributed by atoms with Crippen LogP contribution in [0.4, 0.5) is 0 Å². The van der Waals surface area contributed by atoms with Crippen LogP contribution in [0.25, 0.3) is 0 Å². The Morgan fingerprint density at radius 2 is 1.61 bits per heavy atom. The second-order valence-electron chi connectivity index (χ2n) is 9.43. The smallest absolute Gasteiger partial charge is 0.315 e. The first kappa shape index (κ1) is 24.2. The number of halogens is 1. The standard InChI is InChI=1S/C31H28ClNO3/c1-20-28(31(35)36-17-16-21-10-4-2-5-11-21)29(24-14-8-9-15-25(24)32)30-26(33-20)18-23(19-27(30)34)22-12-6-3-7-13-22/h2-15,23,28-29H,16-19H2,1H3/t23-,28?,29-/m1/s1. The van der Waals surface area contributed by atoms with Gasteiger partial charge in [0.05, 0.1) is 6.61 Å². The van der Waals surface area contributed by atoms with Crippen LogP contribution in [-0.4, -0.2) is 24.1 Å². The highest BCUT2D eigenvalue weighted by Gasteiger charge is 2.45. The molecule has 0 spiro atoms. The molecule has 1 aliphatic heterocycles. The van der Waals surface area contributed by atoms with Gasteiger partial charge in [0, 0.05) is 40.8 Å². The van der Waals surface area contributed by atoms with Crippen LogP contribution in [0.3, 0.4) is 0 Å². The topological polar surface area (TPSA) is 55.7 Å². The van der Waals surface area contributed by atoms with Crippen LogP contribution < -0.4 is 0 Å². The van der Waals surface area contributed by atoms with E-state index in [1.54, 1.807) is 6.07 Å². The third-order valence-corrected chi connectivity index (χ3v) is 7.48. The number of hydrogen-bond donors (Lipinski definition) is 0. The molecule has 1 heterocycles. The Morgan fingerprint density at radius 1 is 0.944 bits per heavy atom. The maximum absolute atomic E-state index is 13.7. The highest BCUT2D eigenvalue weighted by Crippen LogP contribution is 2.48. The van der Waals surface area contributed by atoms with Crippen molar-refractivity contribution in [1.82, 2.24) is 0 Å². The minimum Gasteiger partial charge on any atom is -0.465 e. The molecule has 0 saturated heterocycles. The predicted octanol–water partition coefficient (Wildman–Crippen LogP) is 6.70. The van der Waals surface area contributed by atoms with Crippen molar-refractivity contribution in [2.75, 3.05) is 6.61 Å². The SMILES string of the molecule is CC1=NC2=C(C(=O)C[C@H](c3ccccc3)C2)[C@H](c2ccccc2Cl)C1C(=O)OCCc1ccccc1. The third-order valence-electron chi connectivity index (χ3n) is 7.13. The first-order chi connectivity index (χ1) is 17.5. The van der Waals surface area contributed by atoms with Crippen molar-refractivity contribution < 1.29 is 14.3 Å². The van der Waals surface area contributed by atoms with E-state index in [-0.39, 0.29) is 24.3 Å². The summed E-state index contributed by atoms with van der Waals surface area (Å²) in [4.78, 5) is 32.0. The molecular weight excluding hydrogens is 470 g/mol. The van der Waals surface area contributed by atoms with Crippen molar-refractivity contribution in [3.05, 3.63) is 118 Å². The van der Waals surface area contributed by atoms with E-state index in [0.29, 0.717) is 35.6 Å². The maximum Gasteiger partial charge on any atom is 0.315 e. The van der Waals surface area contributed by atoms with Gasteiger partial charge in [-0.05, 0) is 42.0 Å². The number of aliphatic imine (C=N–C) groups is 1. The number of allylic oxidation sites excluding steroid dienone is 2. The minimum absolute atomic E-state index is 0.0216. The Balaban J connectivity index is 1.47.